The third-order valence-corrected chi connectivity index (χ3v) is 4.15. The number of nitro benzene ring substituents is 1. The van der Waals surface area contributed by atoms with Crippen molar-refractivity contribution in [2.24, 2.45) is 5.92 Å². The predicted octanol–water partition coefficient (Wildman–Crippen LogP) is 2.77. The minimum absolute atomic E-state index is 0.112. The van der Waals surface area contributed by atoms with Crippen LogP contribution >= 0.6 is 22.6 Å². The maximum Gasteiger partial charge on any atom is 0.270 e. The number of nitrogens with zero attached hydrogens (tertiary/aromatic N) is 1. The monoisotopic (exact) mass is 362 g/mol. The first-order valence-electron chi connectivity index (χ1n) is 5.92. The summed E-state index contributed by atoms with van der Waals surface area (Å²) in [6.45, 7) is 0.810. The topological polar surface area (TPSA) is 75.4 Å². The van der Waals surface area contributed by atoms with Crippen LogP contribution in [-0.2, 0) is 0 Å². The minimum Gasteiger partial charge on any atom is -0.393 e. The standard InChI is InChI=1S/C12H15IN2O3/c13-11-6-9(15(17)18)2-4-12(11)14-7-8-1-3-10(16)5-8/h2,4,6,8,10,14,16H,1,3,5,7H2. The van der Waals surface area contributed by atoms with Crippen LogP contribution in [0.2, 0.25) is 0 Å². The van der Waals surface area contributed by atoms with Gasteiger partial charge in [-0.3, -0.25) is 10.1 Å². The van der Waals surface area contributed by atoms with E-state index in [1.807, 2.05) is 0 Å². The normalized spacial score (nSPS) is 23.0. The molecule has 1 aliphatic rings. The highest BCUT2D eigenvalue weighted by atomic mass is 127. The van der Waals surface area contributed by atoms with Gasteiger partial charge in [0.25, 0.3) is 5.69 Å². The van der Waals surface area contributed by atoms with Crippen molar-refractivity contribution in [2.45, 2.75) is 25.4 Å². The maximum absolute atomic E-state index is 10.6. The second-order valence-corrected chi connectivity index (χ2v) is 5.80. The molecule has 5 nitrogen and oxygen atoms in total. The van der Waals surface area contributed by atoms with Gasteiger partial charge in [0.2, 0.25) is 0 Å². The Morgan fingerprint density at radius 2 is 2.28 bits per heavy atom. The smallest absolute Gasteiger partial charge is 0.270 e. The first kappa shape index (κ1) is 13.5. The molecule has 98 valence electrons. The highest BCUT2D eigenvalue weighted by Gasteiger charge is 2.22. The van der Waals surface area contributed by atoms with Gasteiger partial charge in [-0.25, -0.2) is 0 Å². The van der Waals surface area contributed by atoms with Crippen LogP contribution in [0.1, 0.15) is 19.3 Å². The zero-order valence-corrected chi connectivity index (χ0v) is 12.0. The maximum atomic E-state index is 10.6. The van der Waals surface area contributed by atoms with Crippen LogP contribution < -0.4 is 5.32 Å². The molecule has 0 heterocycles. The van der Waals surface area contributed by atoms with Gasteiger partial charge in [0.05, 0.1) is 11.0 Å². The minimum atomic E-state index is -0.390. The van der Waals surface area contributed by atoms with E-state index >= 15 is 0 Å². The lowest BCUT2D eigenvalue weighted by Crippen LogP contribution is -2.13. The number of rotatable bonds is 4. The Morgan fingerprint density at radius 1 is 1.50 bits per heavy atom. The summed E-state index contributed by atoms with van der Waals surface area (Å²) in [6.07, 6.45) is 2.60. The predicted molar refractivity (Wildman–Crippen MR) is 77.7 cm³/mol. The van der Waals surface area contributed by atoms with Crippen molar-refractivity contribution >= 4 is 34.0 Å². The van der Waals surface area contributed by atoms with Gasteiger partial charge in [-0.05, 0) is 53.8 Å². The molecule has 2 atom stereocenters. The summed E-state index contributed by atoms with van der Waals surface area (Å²) < 4.78 is 0.848. The van der Waals surface area contributed by atoms with Crippen LogP contribution in [0.5, 0.6) is 0 Å². The number of benzene rings is 1. The SMILES string of the molecule is O=[N+]([O-])c1ccc(NCC2CCC(O)C2)c(I)c1. The fourth-order valence-electron chi connectivity index (χ4n) is 2.25. The molecule has 2 N–H and O–H groups in total. The number of halogens is 1. The van der Waals surface area contributed by atoms with Crippen molar-refractivity contribution < 1.29 is 10.0 Å². The molecule has 0 aliphatic heterocycles. The number of aliphatic hydroxyl groups excluding tert-OH is 1. The molecular weight excluding hydrogens is 347 g/mol. The van der Waals surface area contributed by atoms with Crippen LogP contribution in [0.4, 0.5) is 11.4 Å². The summed E-state index contributed by atoms with van der Waals surface area (Å²) in [6, 6.07) is 4.81. The molecule has 2 unspecified atom stereocenters. The van der Waals surface area contributed by atoms with E-state index < -0.39 is 0 Å². The van der Waals surface area contributed by atoms with Crippen molar-refractivity contribution in [1.82, 2.24) is 0 Å². The summed E-state index contributed by atoms with van der Waals surface area (Å²) >= 11 is 2.09. The van der Waals surface area contributed by atoms with E-state index in [0.717, 1.165) is 35.1 Å². The lowest BCUT2D eigenvalue weighted by molar-refractivity contribution is -0.384. The van der Waals surface area contributed by atoms with E-state index in [0.29, 0.717) is 5.92 Å². The van der Waals surface area contributed by atoms with Crippen molar-refractivity contribution in [3.05, 3.63) is 31.9 Å². The molecule has 0 radical (unpaired) electrons. The van der Waals surface area contributed by atoms with Crippen molar-refractivity contribution in [3.8, 4) is 0 Å². The van der Waals surface area contributed by atoms with Crippen LogP contribution in [0.3, 0.4) is 0 Å². The van der Waals surface area contributed by atoms with E-state index in [1.165, 1.54) is 6.07 Å². The van der Waals surface area contributed by atoms with Gasteiger partial charge >= 0.3 is 0 Å². The fourth-order valence-corrected chi connectivity index (χ4v) is 2.94. The summed E-state index contributed by atoms with van der Waals surface area (Å²) in [4.78, 5) is 10.2. The quantitative estimate of drug-likeness (QED) is 0.491. The van der Waals surface area contributed by atoms with Crippen LogP contribution in [0.25, 0.3) is 0 Å². The van der Waals surface area contributed by atoms with Crippen LogP contribution in [0, 0.1) is 19.6 Å². The third-order valence-electron chi connectivity index (χ3n) is 3.26. The van der Waals surface area contributed by atoms with E-state index in [4.69, 9.17) is 0 Å². The summed E-state index contributed by atoms with van der Waals surface area (Å²) in [5.41, 5.74) is 1.03. The Morgan fingerprint density at radius 3 is 2.83 bits per heavy atom. The van der Waals surface area contributed by atoms with E-state index in [2.05, 4.69) is 27.9 Å². The molecule has 6 heteroatoms. The number of aliphatic hydroxyl groups is 1. The molecule has 0 saturated heterocycles. The Bertz CT molecular complexity index is 453. The lowest BCUT2D eigenvalue weighted by atomic mass is 10.1. The van der Waals surface area contributed by atoms with Crippen LogP contribution in [0.15, 0.2) is 18.2 Å². The molecule has 1 aromatic rings. The Balaban J connectivity index is 1.95. The molecule has 1 aliphatic carbocycles. The van der Waals surface area contributed by atoms with Gasteiger partial charge in [0.1, 0.15) is 0 Å². The lowest BCUT2D eigenvalue weighted by Gasteiger charge is -2.13. The molecule has 1 saturated carbocycles. The molecule has 1 fully saturated rings. The molecule has 0 spiro atoms. The Kier molecular flexibility index (Phi) is 4.39. The first-order chi connectivity index (χ1) is 8.56. The second-order valence-electron chi connectivity index (χ2n) is 4.64. The number of anilines is 1. The highest BCUT2D eigenvalue weighted by Crippen LogP contribution is 2.28. The number of hydrogen-bond donors (Lipinski definition) is 2. The van der Waals surface area contributed by atoms with Gasteiger partial charge in [-0.15, -0.1) is 0 Å². The summed E-state index contributed by atoms with van der Waals surface area (Å²) in [5.74, 6) is 0.492. The largest absolute Gasteiger partial charge is 0.393 e. The van der Waals surface area contributed by atoms with E-state index in [9.17, 15) is 15.2 Å². The van der Waals surface area contributed by atoms with Crippen molar-refractivity contribution in [2.75, 3.05) is 11.9 Å². The van der Waals surface area contributed by atoms with Gasteiger partial charge in [-0.1, -0.05) is 0 Å². The van der Waals surface area contributed by atoms with Crippen LogP contribution in [-0.4, -0.2) is 22.7 Å². The van der Waals surface area contributed by atoms with Gasteiger partial charge < -0.3 is 10.4 Å². The molecule has 1 aromatic carbocycles. The third kappa shape index (κ3) is 3.32. The Labute approximate surface area is 119 Å². The molecule has 0 bridgehead atoms. The fraction of sp³-hybridized carbons (Fsp3) is 0.500. The highest BCUT2D eigenvalue weighted by molar-refractivity contribution is 14.1. The van der Waals surface area contributed by atoms with E-state index in [1.54, 1.807) is 12.1 Å². The number of non-ortho nitro benzene ring substituents is 1. The van der Waals surface area contributed by atoms with Gasteiger partial charge in [-0.2, -0.15) is 0 Å². The summed E-state index contributed by atoms with van der Waals surface area (Å²) in [7, 11) is 0. The second kappa shape index (κ2) is 5.83. The average molecular weight is 362 g/mol. The zero-order valence-electron chi connectivity index (χ0n) is 9.80. The molecule has 2 rings (SSSR count). The van der Waals surface area contributed by atoms with Gasteiger partial charge in [0.15, 0.2) is 0 Å². The Hall–Kier alpha value is -0.890. The van der Waals surface area contributed by atoms with Crippen molar-refractivity contribution in [3.63, 3.8) is 0 Å². The molecule has 0 amide bonds. The summed E-state index contributed by atoms with van der Waals surface area (Å²) in [5, 5.41) is 23.4. The van der Waals surface area contributed by atoms with Crippen molar-refractivity contribution in [1.29, 1.82) is 0 Å². The van der Waals surface area contributed by atoms with Gasteiger partial charge in [0, 0.05) is 27.9 Å². The molecular formula is C12H15IN2O3. The first-order valence-corrected chi connectivity index (χ1v) is 7.00. The van der Waals surface area contributed by atoms with E-state index in [-0.39, 0.29) is 16.7 Å². The average Bonchev–Trinajstić information content (AvgIpc) is 2.73. The molecule has 0 aromatic heterocycles. The number of nitrogens with one attached hydrogen (secondary N) is 1. The number of nitro groups is 1. The number of hydrogen-bond acceptors (Lipinski definition) is 4. The molecule has 18 heavy (non-hydrogen) atoms. The zero-order chi connectivity index (χ0) is 13.1.